The first kappa shape index (κ1) is 16.9. The summed E-state index contributed by atoms with van der Waals surface area (Å²) in [4.78, 5) is 22.7. The number of nitrogens with zero attached hydrogens (tertiary/aromatic N) is 1. The molecule has 0 spiro atoms. The van der Waals surface area contributed by atoms with Gasteiger partial charge in [0.05, 0.1) is 10.5 Å². The topological polar surface area (TPSA) is 110 Å². The summed E-state index contributed by atoms with van der Waals surface area (Å²) < 4.78 is 5.82. The van der Waals surface area contributed by atoms with Gasteiger partial charge in [0, 0.05) is 6.08 Å². The number of esters is 1. The fourth-order valence-electron chi connectivity index (χ4n) is 5.47. The highest BCUT2D eigenvalue weighted by Crippen LogP contribution is 2.57. The van der Waals surface area contributed by atoms with Crippen LogP contribution >= 0.6 is 0 Å². The first-order chi connectivity index (χ1) is 12.3. The SMILES string of the molecule is O=C(/C=C/c1ccc(O)c(O)c1[N+](=O)[O-])OC12CC3CC(CC(C3)C1)C2. The molecule has 0 radical (unpaired) electrons. The van der Waals surface area contributed by atoms with Crippen molar-refractivity contribution in [3.63, 3.8) is 0 Å². The van der Waals surface area contributed by atoms with Crippen LogP contribution in [0.2, 0.25) is 0 Å². The molecular formula is C19H21NO6. The highest BCUT2D eigenvalue weighted by molar-refractivity contribution is 5.88. The summed E-state index contributed by atoms with van der Waals surface area (Å²) in [5, 5.41) is 30.2. The molecule has 0 aromatic heterocycles. The second-order valence-electron chi connectivity index (χ2n) is 7.98. The molecule has 1 aromatic carbocycles. The van der Waals surface area contributed by atoms with Crippen LogP contribution in [0.5, 0.6) is 11.5 Å². The number of phenolic OH excluding ortho intramolecular Hbond substituents is 2. The second kappa shape index (κ2) is 6.00. The Bertz CT molecular complexity index is 764. The number of hydrogen-bond donors (Lipinski definition) is 2. The Labute approximate surface area is 150 Å². The average Bonchev–Trinajstić information content (AvgIpc) is 2.53. The van der Waals surface area contributed by atoms with Gasteiger partial charge in [0.25, 0.3) is 0 Å². The number of carbonyl (C=O) groups excluding carboxylic acids is 1. The highest BCUT2D eigenvalue weighted by atomic mass is 16.6. The van der Waals surface area contributed by atoms with Gasteiger partial charge in [-0.15, -0.1) is 0 Å². The molecule has 1 aromatic rings. The first-order valence-electron chi connectivity index (χ1n) is 8.95. The third-order valence-corrected chi connectivity index (χ3v) is 6.04. The molecule has 0 saturated heterocycles. The van der Waals surface area contributed by atoms with Crippen LogP contribution in [0.1, 0.15) is 44.1 Å². The minimum atomic E-state index is -0.813. The van der Waals surface area contributed by atoms with E-state index in [-0.39, 0.29) is 11.2 Å². The fourth-order valence-corrected chi connectivity index (χ4v) is 5.47. The molecule has 4 aliphatic rings. The normalized spacial score (nSPS) is 32.1. The van der Waals surface area contributed by atoms with Crippen LogP contribution in [0, 0.1) is 27.9 Å². The molecule has 0 amide bonds. The van der Waals surface area contributed by atoms with Gasteiger partial charge in [-0.2, -0.15) is 0 Å². The number of nitro groups is 1. The highest BCUT2D eigenvalue weighted by Gasteiger charge is 2.53. The van der Waals surface area contributed by atoms with Crippen molar-refractivity contribution in [3.8, 4) is 11.5 Å². The van der Waals surface area contributed by atoms with Gasteiger partial charge in [-0.1, -0.05) is 0 Å². The molecule has 4 fully saturated rings. The average molecular weight is 359 g/mol. The largest absolute Gasteiger partial charge is 0.504 e. The molecule has 7 heteroatoms. The molecule has 0 atom stereocenters. The molecule has 4 saturated carbocycles. The van der Waals surface area contributed by atoms with Crippen LogP contribution in [0.25, 0.3) is 6.08 Å². The summed E-state index contributed by atoms with van der Waals surface area (Å²) in [6.45, 7) is 0. The van der Waals surface area contributed by atoms with E-state index in [1.165, 1.54) is 31.4 Å². The first-order valence-corrected chi connectivity index (χ1v) is 8.95. The number of aromatic hydroxyl groups is 2. The number of benzene rings is 1. The zero-order valence-corrected chi connectivity index (χ0v) is 14.3. The quantitative estimate of drug-likeness (QED) is 0.280. The summed E-state index contributed by atoms with van der Waals surface area (Å²) in [5.41, 5.74) is -0.976. The van der Waals surface area contributed by atoms with Gasteiger partial charge >= 0.3 is 11.7 Å². The summed E-state index contributed by atoms with van der Waals surface area (Å²) >= 11 is 0. The fraction of sp³-hybridized carbons (Fsp3) is 0.526. The van der Waals surface area contributed by atoms with Crippen LogP contribution in [0.15, 0.2) is 18.2 Å². The van der Waals surface area contributed by atoms with Gasteiger partial charge in [-0.05, 0) is 74.5 Å². The maximum Gasteiger partial charge on any atom is 0.331 e. The van der Waals surface area contributed by atoms with Crippen molar-refractivity contribution in [1.29, 1.82) is 0 Å². The van der Waals surface area contributed by atoms with Crippen molar-refractivity contribution in [2.45, 2.75) is 44.1 Å². The van der Waals surface area contributed by atoms with Crippen molar-refractivity contribution >= 4 is 17.7 Å². The van der Waals surface area contributed by atoms with Crippen LogP contribution in [-0.2, 0) is 9.53 Å². The van der Waals surface area contributed by atoms with Gasteiger partial charge in [0.15, 0.2) is 5.75 Å². The molecule has 138 valence electrons. The minimum absolute atomic E-state index is 0.0350. The predicted octanol–water partition coefficient (Wildman–Crippen LogP) is 3.53. The predicted molar refractivity (Wildman–Crippen MR) is 92.5 cm³/mol. The van der Waals surface area contributed by atoms with E-state index in [4.69, 9.17) is 4.74 Å². The zero-order valence-electron chi connectivity index (χ0n) is 14.3. The summed E-state index contributed by atoms with van der Waals surface area (Å²) in [5.74, 6) is 0.0277. The van der Waals surface area contributed by atoms with E-state index in [1.807, 2.05) is 0 Å². The maximum absolute atomic E-state index is 12.3. The van der Waals surface area contributed by atoms with Crippen molar-refractivity contribution in [3.05, 3.63) is 33.9 Å². The minimum Gasteiger partial charge on any atom is -0.504 e. The number of ether oxygens (including phenoxy) is 1. The smallest absolute Gasteiger partial charge is 0.331 e. The Kier molecular flexibility index (Phi) is 3.89. The van der Waals surface area contributed by atoms with Crippen LogP contribution in [0.4, 0.5) is 5.69 Å². The maximum atomic E-state index is 12.3. The van der Waals surface area contributed by atoms with Gasteiger partial charge in [-0.25, -0.2) is 4.79 Å². The van der Waals surface area contributed by atoms with E-state index in [9.17, 15) is 25.1 Å². The van der Waals surface area contributed by atoms with Gasteiger partial charge in [0.1, 0.15) is 5.60 Å². The van der Waals surface area contributed by atoms with Crippen molar-refractivity contribution in [2.75, 3.05) is 0 Å². The number of nitro benzene ring substituents is 1. The van der Waals surface area contributed by atoms with Crippen molar-refractivity contribution in [1.82, 2.24) is 0 Å². The number of rotatable bonds is 4. The summed E-state index contributed by atoms with van der Waals surface area (Å²) in [6, 6.07) is 2.42. The van der Waals surface area contributed by atoms with Crippen LogP contribution in [-0.4, -0.2) is 26.7 Å². The van der Waals surface area contributed by atoms with E-state index in [1.54, 1.807) is 0 Å². The second-order valence-corrected chi connectivity index (χ2v) is 7.98. The molecule has 4 bridgehead atoms. The lowest BCUT2D eigenvalue weighted by Gasteiger charge is -2.55. The van der Waals surface area contributed by atoms with E-state index in [2.05, 4.69) is 0 Å². The number of carbonyl (C=O) groups is 1. The lowest BCUT2D eigenvalue weighted by Crippen LogP contribution is -2.52. The molecule has 0 heterocycles. The van der Waals surface area contributed by atoms with Crippen molar-refractivity contribution in [2.24, 2.45) is 17.8 Å². The molecule has 2 N–H and O–H groups in total. The Morgan fingerprint density at radius 3 is 2.27 bits per heavy atom. The lowest BCUT2D eigenvalue weighted by atomic mass is 9.54. The molecule has 5 rings (SSSR count). The molecule has 26 heavy (non-hydrogen) atoms. The molecule has 4 aliphatic carbocycles. The molecular weight excluding hydrogens is 338 g/mol. The zero-order chi connectivity index (χ0) is 18.5. The van der Waals surface area contributed by atoms with Gasteiger partial charge in [-0.3, -0.25) is 10.1 Å². The molecule has 0 unspecified atom stereocenters. The summed E-state index contributed by atoms with van der Waals surface area (Å²) in [7, 11) is 0. The summed E-state index contributed by atoms with van der Waals surface area (Å²) in [6.07, 6.45) is 8.89. The van der Waals surface area contributed by atoms with Crippen LogP contribution in [0.3, 0.4) is 0 Å². The Morgan fingerprint density at radius 2 is 1.73 bits per heavy atom. The molecule has 7 nitrogen and oxygen atoms in total. The lowest BCUT2D eigenvalue weighted by molar-refractivity contribution is -0.386. The number of phenols is 2. The van der Waals surface area contributed by atoms with Gasteiger partial charge in [0.2, 0.25) is 5.75 Å². The Morgan fingerprint density at radius 1 is 1.15 bits per heavy atom. The van der Waals surface area contributed by atoms with E-state index >= 15 is 0 Å². The monoisotopic (exact) mass is 359 g/mol. The Balaban J connectivity index is 1.51. The third kappa shape index (κ3) is 2.91. The van der Waals surface area contributed by atoms with E-state index in [0.717, 1.165) is 31.4 Å². The van der Waals surface area contributed by atoms with E-state index in [0.29, 0.717) is 17.8 Å². The van der Waals surface area contributed by atoms with Crippen molar-refractivity contribution < 1.29 is 24.7 Å². The third-order valence-electron chi connectivity index (χ3n) is 6.04. The number of hydrogen-bond acceptors (Lipinski definition) is 6. The molecule has 0 aliphatic heterocycles. The Hall–Kier alpha value is -2.57. The standard InChI is InChI=1S/C19H21NO6/c21-15-3-1-14(17(18(15)23)20(24)25)2-4-16(22)26-19-8-11-5-12(9-19)7-13(6-11)10-19/h1-4,11-13,21,23H,5-10H2/b4-2+. The van der Waals surface area contributed by atoms with Gasteiger partial charge < -0.3 is 14.9 Å². The van der Waals surface area contributed by atoms with Crippen LogP contribution < -0.4 is 0 Å². The van der Waals surface area contributed by atoms with E-state index < -0.39 is 28.1 Å².